The van der Waals surface area contributed by atoms with Gasteiger partial charge in [-0.1, -0.05) is 5.16 Å². The Bertz CT molecular complexity index is 722. The van der Waals surface area contributed by atoms with Gasteiger partial charge in [-0.3, -0.25) is 4.79 Å². The molecule has 0 atom stereocenters. The maximum atomic E-state index is 12.3. The van der Waals surface area contributed by atoms with E-state index in [4.69, 9.17) is 9.78 Å². The van der Waals surface area contributed by atoms with Crippen LogP contribution in [0, 0.1) is 24.2 Å². The molecule has 23 heavy (non-hydrogen) atoms. The lowest BCUT2D eigenvalue weighted by Crippen LogP contribution is -2.38. The highest BCUT2D eigenvalue weighted by Gasteiger charge is 2.25. The highest BCUT2D eigenvalue weighted by molar-refractivity contribution is 5.91. The van der Waals surface area contributed by atoms with Crippen LogP contribution in [0.4, 0.5) is 11.5 Å². The van der Waals surface area contributed by atoms with Crippen molar-refractivity contribution < 1.29 is 9.32 Å². The van der Waals surface area contributed by atoms with Crippen LogP contribution in [0.25, 0.3) is 0 Å². The SMILES string of the molecule is Cc1cc(NC(=O)C2CCN(c3ccc(C#N)cc3)CC2)no1. The standard InChI is InChI=1S/C17H18N4O2/c1-12-10-16(20-23-12)19-17(22)14-6-8-21(9-7-14)15-4-2-13(11-18)3-5-15/h2-5,10,14H,6-9H2,1H3,(H,19,20,22). The van der Waals surface area contributed by atoms with Gasteiger partial charge >= 0.3 is 0 Å². The minimum absolute atomic E-state index is 0.00206. The van der Waals surface area contributed by atoms with E-state index in [2.05, 4.69) is 21.4 Å². The second-order valence-electron chi connectivity index (χ2n) is 5.73. The lowest BCUT2D eigenvalue weighted by atomic mass is 9.95. The molecule has 6 heteroatoms. The Balaban J connectivity index is 1.55. The van der Waals surface area contributed by atoms with E-state index in [1.165, 1.54) is 0 Å². The van der Waals surface area contributed by atoms with E-state index >= 15 is 0 Å². The topological polar surface area (TPSA) is 82.2 Å². The molecule has 1 amide bonds. The first kappa shape index (κ1) is 15.1. The number of carbonyl (C=O) groups excluding carboxylic acids is 1. The Morgan fingerprint density at radius 1 is 1.35 bits per heavy atom. The second kappa shape index (κ2) is 6.53. The lowest BCUT2D eigenvalue weighted by Gasteiger charge is -2.32. The van der Waals surface area contributed by atoms with Crippen LogP contribution in [0.2, 0.25) is 0 Å². The number of amides is 1. The van der Waals surface area contributed by atoms with Crippen LogP contribution in [-0.2, 0) is 4.79 Å². The number of nitrogens with one attached hydrogen (secondary N) is 1. The number of hydrogen-bond donors (Lipinski definition) is 1. The third kappa shape index (κ3) is 3.51. The molecular weight excluding hydrogens is 292 g/mol. The molecule has 0 spiro atoms. The zero-order chi connectivity index (χ0) is 16.2. The Labute approximate surface area is 134 Å². The summed E-state index contributed by atoms with van der Waals surface area (Å²) in [5, 5.41) is 15.4. The van der Waals surface area contributed by atoms with Crippen molar-refractivity contribution in [1.82, 2.24) is 5.16 Å². The molecule has 1 aromatic carbocycles. The number of aromatic nitrogens is 1. The average molecular weight is 310 g/mol. The maximum absolute atomic E-state index is 12.3. The monoisotopic (exact) mass is 310 g/mol. The summed E-state index contributed by atoms with van der Waals surface area (Å²) in [5.74, 6) is 1.14. The largest absolute Gasteiger partial charge is 0.371 e. The fourth-order valence-corrected chi connectivity index (χ4v) is 2.80. The number of nitrogens with zero attached hydrogens (tertiary/aromatic N) is 3. The molecule has 1 aromatic heterocycles. The van der Waals surface area contributed by atoms with E-state index in [0.29, 0.717) is 17.1 Å². The highest BCUT2D eigenvalue weighted by Crippen LogP contribution is 2.24. The maximum Gasteiger partial charge on any atom is 0.228 e. The Morgan fingerprint density at radius 3 is 2.61 bits per heavy atom. The summed E-state index contributed by atoms with van der Waals surface area (Å²) in [6, 6.07) is 11.4. The van der Waals surface area contributed by atoms with Gasteiger partial charge in [0, 0.05) is 30.8 Å². The van der Waals surface area contributed by atoms with Gasteiger partial charge in [0.15, 0.2) is 5.82 Å². The van der Waals surface area contributed by atoms with Gasteiger partial charge in [0.1, 0.15) is 5.76 Å². The van der Waals surface area contributed by atoms with Crippen molar-refractivity contribution in [3.05, 3.63) is 41.7 Å². The molecule has 1 fully saturated rings. The molecule has 1 aliphatic rings. The van der Waals surface area contributed by atoms with Gasteiger partial charge in [0.05, 0.1) is 11.6 Å². The summed E-state index contributed by atoms with van der Waals surface area (Å²) in [6.45, 7) is 3.43. The van der Waals surface area contributed by atoms with Crippen molar-refractivity contribution in [2.75, 3.05) is 23.3 Å². The summed E-state index contributed by atoms with van der Waals surface area (Å²) in [5.41, 5.74) is 1.75. The molecular formula is C17H18N4O2. The number of piperidine rings is 1. The lowest BCUT2D eigenvalue weighted by molar-refractivity contribution is -0.120. The molecule has 1 N–H and O–H groups in total. The zero-order valence-electron chi connectivity index (χ0n) is 13.0. The predicted octanol–water partition coefficient (Wildman–Crippen LogP) is 2.71. The minimum atomic E-state index is -0.0124. The van der Waals surface area contributed by atoms with Crippen LogP contribution >= 0.6 is 0 Å². The average Bonchev–Trinajstić information content (AvgIpc) is 3.00. The third-order valence-corrected chi connectivity index (χ3v) is 4.11. The van der Waals surface area contributed by atoms with Gasteiger partial charge in [0.25, 0.3) is 0 Å². The van der Waals surface area contributed by atoms with Gasteiger partial charge in [-0.25, -0.2) is 0 Å². The molecule has 0 aliphatic carbocycles. The van der Waals surface area contributed by atoms with Crippen LogP contribution in [-0.4, -0.2) is 24.2 Å². The van der Waals surface area contributed by atoms with Gasteiger partial charge < -0.3 is 14.7 Å². The van der Waals surface area contributed by atoms with Gasteiger partial charge in [0.2, 0.25) is 5.91 Å². The zero-order valence-corrected chi connectivity index (χ0v) is 13.0. The molecule has 6 nitrogen and oxygen atoms in total. The first-order chi connectivity index (χ1) is 11.2. The van der Waals surface area contributed by atoms with E-state index < -0.39 is 0 Å². The summed E-state index contributed by atoms with van der Waals surface area (Å²) in [7, 11) is 0. The number of hydrogen-bond acceptors (Lipinski definition) is 5. The van der Waals surface area contributed by atoms with Gasteiger partial charge in [-0.15, -0.1) is 0 Å². The third-order valence-electron chi connectivity index (χ3n) is 4.11. The quantitative estimate of drug-likeness (QED) is 0.942. The number of rotatable bonds is 3. The predicted molar refractivity (Wildman–Crippen MR) is 86.0 cm³/mol. The van der Waals surface area contributed by atoms with Crippen LogP contribution in [0.3, 0.4) is 0 Å². The fourth-order valence-electron chi connectivity index (χ4n) is 2.80. The van der Waals surface area contributed by atoms with Crippen molar-refractivity contribution in [2.24, 2.45) is 5.92 Å². The molecule has 0 bridgehead atoms. The van der Waals surface area contributed by atoms with Crippen LogP contribution in [0.15, 0.2) is 34.9 Å². The van der Waals surface area contributed by atoms with E-state index in [-0.39, 0.29) is 11.8 Å². The number of anilines is 2. The Morgan fingerprint density at radius 2 is 2.04 bits per heavy atom. The normalized spacial score (nSPS) is 15.2. The van der Waals surface area contributed by atoms with E-state index in [1.807, 2.05) is 24.3 Å². The molecule has 118 valence electrons. The van der Waals surface area contributed by atoms with Crippen LogP contribution in [0.5, 0.6) is 0 Å². The number of aryl methyl sites for hydroxylation is 1. The van der Waals surface area contributed by atoms with E-state index in [1.54, 1.807) is 13.0 Å². The molecule has 2 aromatic rings. The van der Waals surface area contributed by atoms with Crippen LogP contribution in [0.1, 0.15) is 24.2 Å². The molecule has 3 rings (SSSR count). The minimum Gasteiger partial charge on any atom is -0.371 e. The number of nitriles is 1. The number of carbonyl (C=O) groups is 1. The summed E-state index contributed by atoms with van der Waals surface area (Å²) in [4.78, 5) is 14.5. The van der Waals surface area contributed by atoms with Crippen molar-refractivity contribution in [1.29, 1.82) is 5.26 Å². The molecule has 1 saturated heterocycles. The van der Waals surface area contributed by atoms with Crippen molar-refractivity contribution in [3.8, 4) is 6.07 Å². The summed E-state index contributed by atoms with van der Waals surface area (Å²) < 4.78 is 4.95. The van der Waals surface area contributed by atoms with Crippen LogP contribution < -0.4 is 10.2 Å². The first-order valence-electron chi connectivity index (χ1n) is 7.65. The Hall–Kier alpha value is -2.81. The second-order valence-corrected chi connectivity index (χ2v) is 5.73. The van der Waals surface area contributed by atoms with Crippen molar-refractivity contribution >= 4 is 17.4 Å². The fraction of sp³-hybridized carbons (Fsp3) is 0.353. The Kier molecular flexibility index (Phi) is 4.29. The molecule has 2 heterocycles. The summed E-state index contributed by atoms with van der Waals surface area (Å²) >= 11 is 0. The van der Waals surface area contributed by atoms with Crippen molar-refractivity contribution in [3.63, 3.8) is 0 Å². The molecule has 0 unspecified atom stereocenters. The molecule has 0 saturated carbocycles. The smallest absolute Gasteiger partial charge is 0.228 e. The highest BCUT2D eigenvalue weighted by atomic mass is 16.5. The molecule has 0 radical (unpaired) electrons. The summed E-state index contributed by atoms with van der Waals surface area (Å²) in [6.07, 6.45) is 1.59. The van der Waals surface area contributed by atoms with Gasteiger partial charge in [-0.05, 0) is 44.0 Å². The van der Waals surface area contributed by atoms with Gasteiger partial charge in [-0.2, -0.15) is 5.26 Å². The number of benzene rings is 1. The van der Waals surface area contributed by atoms with Crippen molar-refractivity contribution in [2.45, 2.75) is 19.8 Å². The van der Waals surface area contributed by atoms with E-state index in [0.717, 1.165) is 31.6 Å². The molecule has 1 aliphatic heterocycles. The van der Waals surface area contributed by atoms with E-state index in [9.17, 15) is 4.79 Å². The first-order valence-corrected chi connectivity index (χ1v) is 7.65.